The highest BCUT2D eigenvalue weighted by Crippen LogP contribution is 2.34. The quantitative estimate of drug-likeness (QED) is 0.176. The molecule has 0 aliphatic rings. The van der Waals surface area contributed by atoms with Crippen LogP contribution in [0, 0.1) is 0 Å². The maximum absolute atomic E-state index is 4.94. The molecule has 0 amide bonds. The zero-order chi connectivity index (χ0) is 27.1. The molecule has 2 N–H and O–H groups in total. The van der Waals surface area contributed by atoms with Gasteiger partial charge in [-0.3, -0.25) is 15.4 Å². The molecule has 6 aromatic rings. The van der Waals surface area contributed by atoms with Crippen molar-refractivity contribution in [3.05, 3.63) is 128 Å². The average molecular weight is 524 g/mol. The highest BCUT2D eigenvalue weighted by molar-refractivity contribution is 5.99. The van der Waals surface area contributed by atoms with E-state index in [1.165, 1.54) is 0 Å². The monoisotopic (exact) mass is 523 g/mol. The Balaban J connectivity index is 1.51. The fraction of sp³-hybridized carbons (Fsp3) is 0.0323. The number of anilines is 3. The molecule has 0 radical (unpaired) electrons. The highest BCUT2D eigenvalue weighted by atomic mass is 15.4. The summed E-state index contributed by atoms with van der Waals surface area (Å²) in [6.07, 6.45) is 10.8. The number of para-hydroxylation sites is 1. The van der Waals surface area contributed by atoms with Crippen LogP contribution in [0.3, 0.4) is 0 Å². The van der Waals surface area contributed by atoms with Gasteiger partial charge in [0.05, 0.1) is 17.5 Å². The maximum Gasteiger partial charge on any atom is 0.231 e. The predicted octanol–water partition coefficient (Wildman–Crippen LogP) is 6.37. The fourth-order valence-corrected chi connectivity index (χ4v) is 4.20. The van der Waals surface area contributed by atoms with Gasteiger partial charge in [0.25, 0.3) is 0 Å². The average Bonchev–Trinajstić information content (AvgIpc) is 3.52. The molecule has 6 rings (SSSR count). The predicted molar refractivity (Wildman–Crippen MR) is 158 cm³/mol. The molecule has 0 fully saturated rings. The van der Waals surface area contributed by atoms with E-state index in [1.807, 2.05) is 104 Å². The van der Waals surface area contributed by atoms with Crippen molar-refractivity contribution in [1.29, 1.82) is 0 Å². The number of hydrogen-bond acceptors (Lipinski definition) is 8. The maximum atomic E-state index is 4.94. The van der Waals surface area contributed by atoms with Crippen LogP contribution < -0.4 is 10.7 Å². The van der Waals surface area contributed by atoms with E-state index in [9.17, 15) is 0 Å². The summed E-state index contributed by atoms with van der Waals surface area (Å²) in [5, 5.41) is 12.7. The van der Waals surface area contributed by atoms with Gasteiger partial charge in [-0.15, -0.1) is 0 Å². The first-order valence-electron chi connectivity index (χ1n) is 12.7. The van der Waals surface area contributed by atoms with Gasteiger partial charge in [-0.1, -0.05) is 48.5 Å². The molecule has 40 heavy (non-hydrogen) atoms. The topological polar surface area (TPSA) is 106 Å². The van der Waals surface area contributed by atoms with E-state index in [2.05, 4.69) is 30.9 Å². The zero-order valence-electron chi connectivity index (χ0n) is 21.7. The molecule has 9 nitrogen and oxygen atoms in total. The van der Waals surface area contributed by atoms with Gasteiger partial charge in [0, 0.05) is 47.8 Å². The highest BCUT2D eigenvalue weighted by Gasteiger charge is 2.19. The van der Waals surface area contributed by atoms with E-state index in [-0.39, 0.29) is 0 Å². The second-order valence-corrected chi connectivity index (χ2v) is 8.91. The number of aromatic nitrogens is 6. The van der Waals surface area contributed by atoms with Crippen LogP contribution in [0.4, 0.5) is 17.5 Å². The van der Waals surface area contributed by atoms with Crippen LogP contribution >= 0.6 is 0 Å². The minimum absolute atomic E-state index is 0.404. The van der Waals surface area contributed by atoms with Crippen molar-refractivity contribution in [2.24, 2.45) is 5.10 Å². The van der Waals surface area contributed by atoms with Crippen molar-refractivity contribution in [2.75, 3.05) is 10.7 Å². The van der Waals surface area contributed by atoms with Gasteiger partial charge in [0.1, 0.15) is 0 Å². The Kier molecular flexibility index (Phi) is 6.99. The molecule has 194 valence electrons. The largest absolute Gasteiger partial charge is 0.324 e. The summed E-state index contributed by atoms with van der Waals surface area (Å²) in [5.41, 5.74) is 9.45. The zero-order valence-corrected chi connectivity index (χ0v) is 21.7. The van der Waals surface area contributed by atoms with Crippen LogP contribution in [-0.2, 0) is 0 Å². The Morgan fingerprint density at radius 1 is 0.725 bits per heavy atom. The molecule has 0 bridgehead atoms. The van der Waals surface area contributed by atoms with Gasteiger partial charge in [-0.05, 0) is 54.4 Å². The minimum atomic E-state index is 0.404. The summed E-state index contributed by atoms with van der Waals surface area (Å²) >= 11 is 0. The van der Waals surface area contributed by atoms with Gasteiger partial charge >= 0.3 is 0 Å². The Labute approximate surface area is 231 Å². The van der Waals surface area contributed by atoms with E-state index in [1.54, 1.807) is 29.5 Å². The number of hydrazone groups is 1. The summed E-state index contributed by atoms with van der Waals surface area (Å²) in [7, 11) is 0. The Morgan fingerprint density at radius 3 is 2.12 bits per heavy atom. The Hall–Kier alpha value is -5.70. The first kappa shape index (κ1) is 24.6. The number of nitrogens with one attached hydrogen (secondary N) is 2. The standard InChI is InChI=1S/C31H25N9/c1-22(23-12-16-32-17-13-23)38-39-29-28(25-8-4-2-5-9-25)30(37-31(36-29)35-27-10-6-3-7-11-27)40-21-26(20-34-40)24-14-18-33-19-15-24/h2-21H,1H3,(H2,35,36,37,39). The Morgan fingerprint density at radius 2 is 1.40 bits per heavy atom. The second kappa shape index (κ2) is 11.4. The second-order valence-electron chi connectivity index (χ2n) is 8.91. The number of benzene rings is 2. The van der Waals surface area contributed by atoms with E-state index in [0.717, 1.165) is 39.2 Å². The summed E-state index contributed by atoms with van der Waals surface area (Å²) in [5.74, 6) is 1.53. The van der Waals surface area contributed by atoms with Crippen LogP contribution in [0.5, 0.6) is 0 Å². The summed E-state index contributed by atoms with van der Waals surface area (Å²) in [6.45, 7) is 1.93. The van der Waals surface area contributed by atoms with Crippen LogP contribution in [0.25, 0.3) is 28.1 Å². The molecule has 4 heterocycles. The van der Waals surface area contributed by atoms with E-state index < -0.39 is 0 Å². The molecule has 0 unspecified atom stereocenters. The van der Waals surface area contributed by atoms with Crippen LogP contribution in [0.15, 0.2) is 127 Å². The molecule has 0 spiro atoms. The molecule has 0 saturated carbocycles. The van der Waals surface area contributed by atoms with Crippen molar-refractivity contribution in [1.82, 2.24) is 29.7 Å². The summed E-state index contributed by atoms with van der Waals surface area (Å²) in [4.78, 5) is 18.0. The van der Waals surface area contributed by atoms with Gasteiger partial charge in [-0.25, -0.2) is 4.68 Å². The number of rotatable bonds is 8. The van der Waals surface area contributed by atoms with Crippen LogP contribution in [-0.4, -0.2) is 35.4 Å². The normalized spacial score (nSPS) is 11.3. The molecule has 2 aromatic carbocycles. The lowest BCUT2D eigenvalue weighted by Crippen LogP contribution is -2.10. The van der Waals surface area contributed by atoms with Crippen LogP contribution in [0.2, 0.25) is 0 Å². The fourth-order valence-electron chi connectivity index (χ4n) is 4.20. The molecular weight excluding hydrogens is 498 g/mol. The van der Waals surface area contributed by atoms with E-state index in [4.69, 9.17) is 9.97 Å². The van der Waals surface area contributed by atoms with Crippen molar-refractivity contribution in [3.8, 4) is 28.1 Å². The number of pyridine rings is 2. The summed E-state index contributed by atoms with van der Waals surface area (Å²) in [6, 6.07) is 27.5. The number of hydrogen-bond donors (Lipinski definition) is 2. The molecule has 0 aliphatic heterocycles. The molecule has 0 aliphatic carbocycles. The third-order valence-electron chi connectivity index (χ3n) is 6.22. The van der Waals surface area contributed by atoms with Gasteiger partial charge in [-0.2, -0.15) is 20.2 Å². The SMILES string of the molecule is CC(=NNc1nc(Nc2ccccc2)nc(-n2cc(-c3ccncc3)cn2)c1-c1ccccc1)c1ccncc1. The lowest BCUT2D eigenvalue weighted by Gasteiger charge is -2.16. The van der Waals surface area contributed by atoms with Crippen molar-refractivity contribution in [2.45, 2.75) is 6.92 Å². The van der Waals surface area contributed by atoms with Gasteiger partial charge in [0.15, 0.2) is 11.6 Å². The molecule has 0 atom stereocenters. The molecule has 4 aromatic heterocycles. The van der Waals surface area contributed by atoms with Crippen molar-refractivity contribution >= 4 is 23.2 Å². The third-order valence-corrected chi connectivity index (χ3v) is 6.22. The third kappa shape index (κ3) is 5.44. The Bertz CT molecular complexity index is 1730. The lowest BCUT2D eigenvalue weighted by atomic mass is 10.1. The molecule has 0 saturated heterocycles. The summed E-state index contributed by atoms with van der Waals surface area (Å²) < 4.78 is 1.76. The van der Waals surface area contributed by atoms with Crippen molar-refractivity contribution < 1.29 is 0 Å². The van der Waals surface area contributed by atoms with Gasteiger partial charge in [0.2, 0.25) is 5.95 Å². The van der Waals surface area contributed by atoms with Gasteiger partial charge < -0.3 is 5.32 Å². The van der Waals surface area contributed by atoms with E-state index >= 15 is 0 Å². The first-order chi connectivity index (χ1) is 19.7. The smallest absolute Gasteiger partial charge is 0.231 e. The van der Waals surface area contributed by atoms with Crippen LogP contribution in [0.1, 0.15) is 12.5 Å². The molecular formula is C31H25N9. The molecule has 9 heteroatoms. The minimum Gasteiger partial charge on any atom is -0.324 e. The van der Waals surface area contributed by atoms with E-state index in [0.29, 0.717) is 17.6 Å². The number of nitrogens with zero attached hydrogens (tertiary/aromatic N) is 7. The van der Waals surface area contributed by atoms with Crippen molar-refractivity contribution in [3.63, 3.8) is 0 Å². The first-order valence-corrected chi connectivity index (χ1v) is 12.7. The lowest BCUT2D eigenvalue weighted by molar-refractivity contribution is 0.844.